The molecule has 0 fully saturated rings. The van der Waals surface area contributed by atoms with Crippen LogP contribution in [0.5, 0.6) is 0 Å². The summed E-state index contributed by atoms with van der Waals surface area (Å²) in [5.41, 5.74) is 2.54. The number of hydrogen-bond acceptors (Lipinski definition) is 3. The van der Waals surface area contributed by atoms with Crippen molar-refractivity contribution in [3.8, 4) is 0 Å². The van der Waals surface area contributed by atoms with E-state index in [1.54, 1.807) is 24.3 Å². The van der Waals surface area contributed by atoms with Crippen LogP contribution in [0.15, 0.2) is 42.5 Å². The molecule has 0 unspecified atom stereocenters. The fourth-order valence-corrected chi connectivity index (χ4v) is 2.41. The summed E-state index contributed by atoms with van der Waals surface area (Å²) in [5.74, 6) is -1.37. The van der Waals surface area contributed by atoms with E-state index >= 15 is 0 Å². The summed E-state index contributed by atoms with van der Waals surface area (Å²) in [6.45, 7) is 4.85. The van der Waals surface area contributed by atoms with Gasteiger partial charge in [-0.3, -0.25) is 4.79 Å². The number of anilines is 1. The zero-order chi connectivity index (χ0) is 16.8. The first kappa shape index (κ1) is 16.7. The van der Waals surface area contributed by atoms with Gasteiger partial charge in [-0.2, -0.15) is 0 Å². The number of carbonyl (C=O) groups excluding carboxylic acids is 1. The molecule has 0 saturated heterocycles. The highest BCUT2D eigenvalue weighted by Crippen LogP contribution is 2.23. The van der Waals surface area contributed by atoms with Gasteiger partial charge in [-0.1, -0.05) is 37.6 Å². The number of ketones is 1. The van der Waals surface area contributed by atoms with Gasteiger partial charge in [0.1, 0.15) is 0 Å². The van der Waals surface area contributed by atoms with Crippen LogP contribution in [0.25, 0.3) is 0 Å². The van der Waals surface area contributed by atoms with E-state index in [0.717, 1.165) is 30.6 Å². The lowest BCUT2D eigenvalue weighted by atomic mass is 9.96. The quantitative estimate of drug-likeness (QED) is 0.596. The Balaban J connectivity index is 2.41. The molecule has 0 aliphatic carbocycles. The van der Waals surface area contributed by atoms with Crippen LogP contribution in [-0.4, -0.2) is 23.4 Å². The van der Waals surface area contributed by atoms with Gasteiger partial charge in [0.05, 0.1) is 5.56 Å². The third kappa shape index (κ3) is 3.97. The zero-order valence-corrected chi connectivity index (χ0v) is 13.4. The molecular formula is C19H21NO3. The molecule has 0 aliphatic rings. The second-order valence-corrected chi connectivity index (χ2v) is 5.51. The van der Waals surface area contributed by atoms with Crippen molar-refractivity contribution >= 4 is 17.4 Å². The van der Waals surface area contributed by atoms with Crippen molar-refractivity contribution in [1.29, 1.82) is 0 Å². The van der Waals surface area contributed by atoms with Gasteiger partial charge >= 0.3 is 5.97 Å². The second kappa shape index (κ2) is 7.58. The number of aromatic carboxylic acids is 1. The predicted octanol–water partition coefficient (Wildman–Crippen LogP) is 4.14. The van der Waals surface area contributed by atoms with Crippen molar-refractivity contribution in [2.24, 2.45) is 0 Å². The number of aryl methyl sites for hydroxylation is 1. The minimum atomic E-state index is -1.10. The van der Waals surface area contributed by atoms with Gasteiger partial charge in [-0.15, -0.1) is 0 Å². The topological polar surface area (TPSA) is 66.4 Å². The van der Waals surface area contributed by atoms with E-state index < -0.39 is 5.97 Å². The number of unbranched alkanes of at least 4 members (excludes halogenated alkanes) is 1. The van der Waals surface area contributed by atoms with Gasteiger partial charge in [0.2, 0.25) is 0 Å². The van der Waals surface area contributed by atoms with Crippen LogP contribution in [0.4, 0.5) is 5.69 Å². The largest absolute Gasteiger partial charge is 0.478 e. The van der Waals surface area contributed by atoms with E-state index in [2.05, 4.69) is 12.2 Å². The maximum atomic E-state index is 12.8. The fourth-order valence-electron chi connectivity index (χ4n) is 2.41. The van der Waals surface area contributed by atoms with Gasteiger partial charge in [0, 0.05) is 23.4 Å². The lowest BCUT2D eigenvalue weighted by Crippen LogP contribution is -2.13. The van der Waals surface area contributed by atoms with Gasteiger partial charge in [0.15, 0.2) is 5.78 Å². The highest BCUT2D eigenvalue weighted by Gasteiger charge is 2.19. The molecule has 0 aliphatic heterocycles. The van der Waals surface area contributed by atoms with Gasteiger partial charge in [-0.05, 0) is 37.1 Å². The normalized spacial score (nSPS) is 10.3. The molecule has 2 rings (SSSR count). The van der Waals surface area contributed by atoms with Crippen LogP contribution >= 0.6 is 0 Å². The molecule has 0 spiro atoms. The minimum Gasteiger partial charge on any atom is -0.478 e. The van der Waals surface area contributed by atoms with Crippen LogP contribution in [0.2, 0.25) is 0 Å². The molecule has 0 atom stereocenters. The molecule has 0 aromatic heterocycles. The molecule has 0 saturated carbocycles. The van der Waals surface area contributed by atoms with Crippen molar-refractivity contribution in [2.75, 3.05) is 11.9 Å². The summed E-state index contributed by atoms with van der Waals surface area (Å²) in [6, 6.07) is 11.8. The number of hydrogen-bond donors (Lipinski definition) is 2. The van der Waals surface area contributed by atoms with Crippen molar-refractivity contribution in [3.63, 3.8) is 0 Å². The Hall–Kier alpha value is -2.62. The Kier molecular flexibility index (Phi) is 5.52. The average molecular weight is 311 g/mol. The number of carboxylic acid groups (broad SMARTS) is 1. The summed E-state index contributed by atoms with van der Waals surface area (Å²) in [7, 11) is 0. The molecule has 2 N–H and O–H groups in total. The molecular weight excluding hydrogens is 290 g/mol. The molecule has 0 bridgehead atoms. The number of nitrogens with one attached hydrogen (secondary N) is 1. The van der Waals surface area contributed by atoms with Crippen LogP contribution in [-0.2, 0) is 0 Å². The highest BCUT2D eigenvalue weighted by atomic mass is 16.4. The van der Waals surface area contributed by atoms with E-state index in [-0.39, 0.29) is 16.9 Å². The van der Waals surface area contributed by atoms with Crippen LogP contribution in [0, 0.1) is 6.92 Å². The van der Waals surface area contributed by atoms with Crippen molar-refractivity contribution in [3.05, 3.63) is 64.7 Å². The Labute approximate surface area is 136 Å². The number of benzene rings is 2. The average Bonchev–Trinajstić information content (AvgIpc) is 2.54. The molecule has 2 aromatic carbocycles. The fraction of sp³-hybridized carbons (Fsp3) is 0.263. The number of rotatable bonds is 7. The Morgan fingerprint density at radius 2 is 1.74 bits per heavy atom. The van der Waals surface area contributed by atoms with Crippen molar-refractivity contribution in [2.45, 2.75) is 26.7 Å². The standard InChI is InChI=1S/C19H21NO3/c1-3-4-11-20-17-12-13(2)9-10-16(17)18(21)14-7-5-6-8-15(14)19(22)23/h5-10,12,20H,3-4,11H2,1-2H3,(H,22,23). The number of carboxylic acids is 1. The van der Waals surface area contributed by atoms with E-state index in [9.17, 15) is 14.7 Å². The summed E-state index contributed by atoms with van der Waals surface area (Å²) in [6.07, 6.45) is 2.07. The summed E-state index contributed by atoms with van der Waals surface area (Å²) >= 11 is 0. The first-order valence-electron chi connectivity index (χ1n) is 7.76. The van der Waals surface area contributed by atoms with E-state index in [1.165, 1.54) is 6.07 Å². The molecule has 0 amide bonds. The van der Waals surface area contributed by atoms with Crippen molar-refractivity contribution in [1.82, 2.24) is 0 Å². The number of carbonyl (C=O) groups is 2. The van der Waals surface area contributed by atoms with Crippen LogP contribution in [0.3, 0.4) is 0 Å². The molecule has 120 valence electrons. The maximum absolute atomic E-state index is 12.8. The van der Waals surface area contributed by atoms with Crippen LogP contribution in [0.1, 0.15) is 51.6 Å². The molecule has 2 aromatic rings. The van der Waals surface area contributed by atoms with E-state index in [4.69, 9.17) is 0 Å². The smallest absolute Gasteiger partial charge is 0.336 e. The third-order valence-electron chi connectivity index (χ3n) is 3.67. The zero-order valence-electron chi connectivity index (χ0n) is 13.4. The minimum absolute atomic E-state index is 0.0255. The van der Waals surface area contributed by atoms with Gasteiger partial charge < -0.3 is 10.4 Å². The maximum Gasteiger partial charge on any atom is 0.336 e. The second-order valence-electron chi connectivity index (χ2n) is 5.51. The summed E-state index contributed by atoms with van der Waals surface area (Å²) in [4.78, 5) is 24.2. The van der Waals surface area contributed by atoms with E-state index in [1.807, 2.05) is 19.1 Å². The van der Waals surface area contributed by atoms with Gasteiger partial charge in [0.25, 0.3) is 0 Å². The Bertz CT molecular complexity index is 722. The Morgan fingerprint density at radius 1 is 1.04 bits per heavy atom. The lowest BCUT2D eigenvalue weighted by Gasteiger charge is -2.13. The predicted molar refractivity (Wildman–Crippen MR) is 91.4 cm³/mol. The molecule has 4 heteroatoms. The monoisotopic (exact) mass is 311 g/mol. The highest BCUT2D eigenvalue weighted by molar-refractivity contribution is 6.16. The first-order chi connectivity index (χ1) is 11.0. The molecule has 23 heavy (non-hydrogen) atoms. The van der Waals surface area contributed by atoms with E-state index in [0.29, 0.717) is 5.56 Å². The summed E-state index contributed by atoms with van der Waals surface area (Å²) in [5, 5.41) is 12.6. The molecule has 4 nitrogen and oxygen atoms in total. The SMILES string of the molecule is CCCCNc1cc(C)ccc1C(=O)c1ccccc1C(=O)O. The first-order valence-corrected chi connectivity index (χ1v) is 7.76. The third-order valence-corrected chi connectivity index (χ3v) is 3.67. The van der Waals surface area contributed by atoms with Crippen molar-refractivity contribution < 1.29 is 14.7 Å². The van der Waals surface area contributed by atoms with Gasteiger partial charge in [-0.25, -0.2) is 4.79 Å². The lowest BCUT2D eigenvalue weighted by molar-refractivity contribution is 0.0693. The molecule has 0 radical (unpaired) electrons. The molecule has 0 heterocycles. The van der Waals surface area contributed by atoms with Crippen LogP contribution < -0.4 is 5.32 Å². The summed E-state index contributed by atoms with van der Waals surface area (Å²) < 4.78 is 0. The Morgan fingerprint density at radius 3 is 2.39 bits per heavy atom.